The highest BCUT2D eigenvalue weighted by atomic mass is 19.2. The lowest BCUT2D eigenvalue weighted by atomic mass is 9.85. The highest BCUT2D eigenvalue weighted by Gasteiger charge is 2.35. The fourth-order valence-electron chi connectivity index (χ4n) is 1.43. The van der Waals surface area contributed by atoms with Crippen LogP contribution in [0.15, 0.2) is 0 Å². The third-order valence-electron chi connectivity index (χ3n) is 3.42. The number of halogens is 5. The van der Waals surface area contributed by atoms with Crippen molar-refractivity contribution in [1.29, 1.82) is 0 Å². The molecule has 0 heterocycles. The monoisotopic (exact) mass is 296 g/mol. The van der Waals surface area contributed by atoms with Crippen molar-refractivity contribution in [3.8, 4) is 5.75 Å². The van der Waals surface area contributed by atoms with E-state index in [4.69, 9.17) is 0 Å². The molecule has 0 aromatic heterocycles. The number of rotatable bonds is 4. The van der Waals surface area contributed by atoms with Crippen LogP contribution in [0, 0.1) is 34.5 Å². The van der Waals surface area contributed by atoms with E-state index in [1.807, 2.05) is 0 Å². The lowest BCUT2D eigenvalue weighted by Gasteiger charge is -2.24. The van der Waals surface area contributed by atoms with Crippen LogP contribution in [0.25, 0.3) is 0 Å². The lowest BCUT2D eigenvalue weighted by molar-refractivity contribution is -0.145. The molecule has 1 rings (SSSR count). The van der Waals surface area contributed by atoms with E-state index in [0.29, 0.717) is 0 Å². The average molecular weight is 296 g/mol. The number of esters is 1. The maximum absolute atomic E-state index is 13.4. The van der Waals surface area contributed by atoms with E-state index in [0.717, 1.165) is 0 Å². The van der Waals surface area contributed by atoms with E-state index in [-0.39, 0.29) is 12.8 Å². The van der Waals surface area contributed by atoms with Gasteiger partial charge in [-0.15, -0.1) is 0 Å². The van der Waals surface area contributed by atoms with Gasteiger partial charge in [-0.25, -0.2) is 13.2 Å². The molecule has 0 saturated carbocycles. The quantitative estimate of drug-likeness (QED) is 0.275. The molecule has 2 nitrogen and oxygen atoms in total. The predicted octanol–water partition coefficient (Wildman–Crippen LogP) is 4.11. The fraction of sp³-hybridized carbons (Fsp3) is 0.462. The predicted molar refractivity (Wildman–Crippen MR) is 60.6 cm³/mol. The Bertz CT molecular complexity index is 509. The van der Waals surface area contributed by atoms with E-state index in [2.05, 4.69) is 4.74 Å². The maximum Gasteiger partial charge on any atom is 0.317 e. The third-order valence-corrected chi connectivity index (χ3v) is 3.42. The van der Waals surface area contributed by atoms with Gasteiger partial charge in [0.1, 0.15) is 0 Å². The molecule has 112 valence electrons. The maximum atomic E-state index is 13.4. The van der Waals surface area contributed by atoms with Gasteiger partial charge in [0.2, 0.25) is 34.8 Å². The summed E-state index contributed by atoms with van der Waals surface area (Å²) in [4.78, 5) is 11.8. The first-order valence-electron chi connectivity index (χ1n) is 5.93. The highest BCUT2D eigenvalue weighted by molar-refractivity contribution is 5.78. The Morgan fingerprint density at radius 1 is 0.900 bits per heavy atom. The van der Waals surface area contributed by atoms with Gasteiger partial charge in [0.15, 0.2) is 0 Å². The average Bonchev–Trinajstić information content (AvgIpc) is 2.46. The molecule has 7 heteroatoms. The van der Waals surface area contributed by atoms with Crippen molar-refractivity contribution in [2.24, 2.45) is 5.41 Å². The minimum atomic E-state index is -2.30. The zero-order chi connectivity index (χ0) is 15.7. The van der Waals surface area contributed by atoms with Crippen molar-refractivity contribution < 1.29 is 31.5 Å². The Kier molecular flexibility index (Phi) is 4.73. The van der Waals surface area contributed by atoms with Crippen LogP contribution < -0.4 is 4.74 Å². The topological polar surface area (TPSA) is 26.3 Å². The summed E-state index contributed by atoms with van der Waals surface area (Å²) in [5.41, 5.74) is -1.07. The molecule has 0 bridgehead atoms. The van der Waals surface area contributed by atoms with Crippen molar-refractivity contribution in [1.82, 2.24) is 0 Å². The number of hydrogen-bond acceptors (Lipinski definition) is 2. The van der Waals surface area contributed by atoms with Crippen LogP contribution in [0.2, 0.25) is 0 Å². The Hall–Kier alpha value is -1.66. The SMILES string of the molecule is CCC(C)(CC)C(=O)Oc1c(F)c(F)c(F)c(F)c1F. The summed E-state index contributed by atoms with van der Waals surface area (Å²) in [5, 5.41) is 0. The largest absolute Gasteiger partial charge is 0.420 e. The molecule has 0 fully saturated rings. The van der Waals surface area contributed by atoms with Gasteiger partial charge >= 0.3 is 5.97 Å². The summed E-state index contributed by atoms with van der Waals surface area (Å²) < 4.78 is 69.9. The second-order valence-electron chi connectivity index (χ2n) is 4.56. The number of benzene rings is 1. The van der Waals surface area contributed by atoms with Crippen molar-refractivity contribution in [2.75, 3.05) is 0 Å². The smallest absolute Gasteiger partial charge is 0.317 e. The molecule has 0 unspecified atom stereocenters. The molecule has 0 aliphatic carbocycles. The molecule has 1 aromatic rings. The van der Waals surface area contributed by atoms with Gasteiger partial charge in [0.05, 0.1) is 5.41 Å². The Morgan fingerprint density at radius 3 is 1.60 bits per heavy atom. The Balaban J connectivity index is 3.27. The molecule has 0 atom stereocenters. The minimum Gasteiger partial charge on any atom is -0.420 e. The molecule has 0 aliphatic rings. The van der Waals surface area contributed by atoms with E-state index in [9.17, 15) is 26.7 Å². The van der Waals surface area contributed by atoms with Gasteiger partial charge in [0.25, 0.3) is 0 Å². The summed E-state index contributed by atoms with van der Waals surface area (Å²) in [5.74, 6) is -13.5. The lowest BCUT2D eigenvalue weighted by Crippen LogP contribution is -2.31. The second kappa shape index (κ2) is 5.76. The minimum absolute atomic E-state index is 0.289. The molecule has 0 N–H and O–H groups in total. The molecular formula is C13H13F5O2. The third kappa shape index (κ3) is 2.62. The first-order valence-corrected chi connectivity index (χ1v) is 5.93. The van der Waals surface area contributed by atoms with Gasteiger partial charge < -0.3 is 4.74 Å². The van der Waals surface area contributed by atoms with Gasteiger partial charge in [-0.05, 0) is 19.8 Å². The molecule has 1 aromatic carbocycles. The van der Waals surface area contributed by atoms with E-state index in [1.165, 1.54) is 6.92 Å². The van der Waals surface area contributed by atoms with Gasteiger partial charge in [-0.3, -0.25) is 4.79 Å². The number of carbonyl (C=O) groups is 1. The summed E-state index contributed by atoms with van der Waals surface area (Å²) in [6.07, 6.45) is 0.579. The van der Waals surface area contributed by atoms with Crippen LogP contribution in [0.1, 0.15) is 33.6 Å². The molecule has 0 saturated heterocycles. The van der Waals surface area contributed by atoms with E-state index < -0.39 is 46.2 Å². The van der Waals surface area contributed by atoms with Crippen LogP contribution in [0.3, 0.4) is 0 Å². The first kappa shape index (κ1) is 16.4. The Labute approximate surface area is 112 Å². The summed E-state index contributed by atoms with van der Waals surface area (Å²) >= 11 is 0. The van der Waals surface area contributed by atoms with Crippen molar-refractivity contribution in [2.45, 2.75) is 33.6 Å². The normalized spacial score (nSPS) is 11.6. The van der Waals surface area contributed by atoms with Gasteiger partial charge in [0, 0.05) is 0 Å². The standard InChI is InChI=1S/C13H13F5O2/c1-4-13(3,5-2)12(19)20-11-9(17)7(15)6(14)8(16)10(11)18/h4-5H2,1-3H3. The number of hydrogen-bond donors (Lipinski definition) is 0. The number of ether oxygens (including phenoxy) is 1. The fourth-order valence-corrected chi connectivity index (χ4v) is 1.43. The molecule has 0 spiro atoms. The van der Waals surface area contributed by atoms with Crippen molar-refractivity contribution >= 4 is 5.97 Å². The van der Waals surface area contributed by atoms with E-state index >= 15 is 0 Å². The summed E-state index contributed by atoms with van der Waals surface area (Å²) in [7, 11) is 0. The summed E-state index contributed by atoms with van der Waals surface area (Å²) in [6.45, 7) is 4.76. The molecular weight excluding hydrogens is 283 g/mol. The van der Waals surface area contributed by atoms with Crippen molar-refractivity contribution in [3.63, 3.8) is 0 Å². The Morgan fingerprint density at radius 2 is 1.25 bits per heavy atom. The summed E-state index contributed by atoms with van der Waals surface area (Å²) in [6, 6.07) is 0. The van der Waals surface area contributed by atoms with Crippen LogP contribution in [0.4, 0.5) is 22.0 Å². The second-order valence-corrected chi connectivity index (χ2v) is 4.56. The van der Waals surface area contributed by atoms with Gasteiger partial charge in [-0.1, -0.05) is 13.8 Å². The molecule has 20 heavy (non-hydrogen) atoms. The molecule has 0 radical (unpaired) electrons. The molecule has 0 amide bonds. The van der Waals surface area contributed by atoms with Crippen LogP contribution in [0.5, 0.6) is 5.75 Å². The zero-order valence-electron chi connectivity index (χ0n) is 11.1. The van der Waals surface area contributed by atoms with Gasteiger partial charge in [-0.2, -0.15) is 8.78 Å². The highest BCUT2D eigenvalue weighted by Crippen LogP contribution is 2.33. The van der Waals surface area contributed by atoms with Crippen LogP contribution >= 0.6 is 0 Å². The van der Waals surface area contributed by atoms with Crippen molar-refractivity contribution in [3.05, 3.63) is 29.1 Å². The first-order chi connectivity index (χ1) is 9.19. The van der Waals surface area contributed by atoms with Crippen LogP contribution in [-0.4, -0.2) is 5.97 Å². The number of carbonyl (C=O) groups excluding carboxylic acids is 1. The van der Waals surface area contributed by atoms with E-state index in [1.54, 1.807) is 13.8 Å². The van der Waals surface area contributed by atoms with Crippen LogP contribution in [-0.2, 0) is 4.79 Å². The molecule has 0 aliphatic heterocycles. The zero-order valence-corrected chi connectivity index (χ0v) is 11.1.